The summed E-state index contributed by atoms with van der Waals surface area (Å²) in [5.41, 5.74) is 5.81. The number of furan rings is 1. The molecular weight excluding hydrogens is 474 g/mol. The zero-order valence-corrected chi connectivity index (χ0v) is 20.2. The number of fused-ring (bicyclic) bond motifs is 2. The van der Waals surface area contributed by atoms with Gasteiger partial charge < -0.3 is 13.9 Å². The standard InChI is InChI=1S/C28H23N3O6/c1-16-24-21(30-31-26(32)22-15-12-17-6-3-4-7-20(17)29-22)8-5-9-23(24)37-25(16)28(34)36-19-13-10-18(11-14-19)27(33)35-2/h3-4,6-7,10-15H,5,8-9H2,1-2H3,(H,31,32)/b30-21+. The van der Waals surface area contributed by atoms with E-state index in [0.29, 0.717) is 41.0 Å². The van der Waals surface area contributed by atoms with Crippen LogP contribution >= 0.6 is 0 Å². The van der Waals surface area contributed by atoms with E-state index in [-0.39, 0.29) is 17.2 Å². The van der Waals surface area contributed by atoms with Gasteiger partial charge in [0.05, 0.1) is 23.9 Å². The second kappa shape index (κ2) is 10.1. The molecule has 1 aliphatic rings. The summed E-state index contributed by atoms with van der Waals surface area (Å²) in [5.74, 6) is -0.631. The molecule has 186 valence electrons. The number of aromatic nitrogens is 1. The summed E-state index contributed by atoms with van der Waals surface area (Å²) in [6, 6.07) is 17.1. The SMILES string of the molecule is COC(=O)c1ccc(OC(=O)c2oc3c(c2C)/C(=N/NC(=O)c2ccc4ccccc4n2)CCC3)cc1. The molecule has 0 atom stereocenters. The summed E-state index contributed by atoms with van der Waals surface area (Å²) < 4.78 is 16.0. The number of amides is 1. The number of para-hydroxylation sites is 1. The molecule has 1 aliphatic carbocycles. The average molecular weight is 498 g/mol. The molecule has 5 rings (SSSR count). The highest BCUT2D eigenvalue weighted by atomic mass is 16.5. The van der Waals surface area contributed by atoms with Crippen molar-refractivity contribution in [1.82, 2.24) is 10.4 Å². The zero-order chi connectivity index (χ0) is 25.9. The van der Waals surface area contributed by atoms with Crippen LogP contribution in [0, 0.1) is 6.92 Å². The van der Waals surface area contributed by atoms with Gasteiger partial charge in [-0.25, -0.2) is 20.0 Å². The maximum absolute atomic E-state index is 12.9. The molecule has 37 heavy (non-hydrogen) atoms. The third kappa shape index (κ3) is 4.84. The highest BCUT2D eigenvalue weighted by Gasteiger charge is 2.29. The Morgan fingerprint density at radius 2 is 1.76 bits per heavy atom. The lowest BCUT2D eigenvalue weighted by molar-refractivity contribution is 0.0600. The van der Waals surface area contributed by atoms with Gasteiger partial charge in [0.15, 0.2) is 0 Å². The molecule has 0 radical (unpaired) electrons. The summed E-state index contributed by atoms with van der Waals surface area (Å²) in [6.07, 6.45) is 2.01. The fourth-order valence-electron chi connectivity index (χ4n) is 4.27. The maximum Gasteiger partial charge on any atom is 0.379 e. The number of benzene rings is 2. The molecule has 1 amide bonds. The molecule has 0 fully saturated rings. The molecule has 0 spiro atoms. The molecule has 9 heteroatoms. The molecule has 0 bridgehead atoms. The molecule has 2 aromatic heterocycles. The number of rotatable bonds is 5. The molecule has 0 aliphatic heterocycles. The molecule has 0 saturated carbocycles. The predicted octanol–water partition coefficient (Wildman–Crippen LogP) is 4.61. The van der Waals surface area contributed by atoms with Gasteiger partial charge in [-0.3, -0.25) is 4.79 Å². The summed E-state index contributed by atoms with van der Waals surface area (Å²) in [7, 11) is 1.29. The number of hydrogen-bond donors (Lipinski definition) is 1. The Hall–Kier alpha value is -4.79. The Labute approximate surface area is 212 Å². The average Bonchev–Trinajstić information content (AvgIpc) is 3.28. The lowest BCUT2D eigenvalue weighted by Gasteiger charge is -2.13. The van der Waals surface area contributed by atoms with Gasteiger partial charge in [0.2, 0.25) is 5.76 Å². The molecule has 4 aromatic rings. The van der Waals surface area contributed by atoms with Gasteiger partial charge in [-0.1, -0.05) is 24.3 Å². The summed E-state index contributed by atoms with van der Waals surface area (Å²) in [6.45, 7) is 1.76. The Morgan fingerprint density at radius 1 is 0.973 bits per heavy atom. The van der Waals surface area contributed by atoms with E-state index in [0.717, 1.165) is 17.3 Å². The lowest BCUT2D eigenvalue weighted by atomic mass is 9.93. The van der Waals surface area contributed by atoms with Crippen LogP contribution in [-0.2, 0) is 11.2 Å². The minimum atomic E-state index is -0.665. The van der Waals surface area contributed by atoms with Crippen molar-refractivity contribution in [3.8, 4) is 5.75 Å². The van der Waals surface area contributed by atoms with E-state index >= 15 is 0 Å². The first-order valence-electron chi connectivity index (χ1n) is 11.7. The third-order valence-corrected chi connectivity index (χ3v) is 6.12. The third-order valence-electron chi connectivity index (χ3n) is 6.12. The van der Waals surface area contributed by atoms with E-state index in [1.165, 1.54) is 31.4 Å². The highest BCUT2D eigenvalue weighted by molar-refractivity contribution is 6.06. The quantitative estimate of drug-likeness (QED) is 0.243. The van der Waals surface area contributed by atoms with Gasteiger partial charge in [0.25, 0.3) is 5.91 Å². The van der Waals surface area contributed by atoms with Gasteiger partial charge >= 0.3 is 11.9 Å². The van der Waals surface area contributed by atoms with Crippen molar-refractivity contribution >= 4 is 34.5 Å². The van der Waals surface area contributed by atoms with Crippen molar-refractivity contribution in [3.05, 3.63) is 94.6 Å². The summed E-state index contributed by atoms with van der Waals surface area (Å²) in [5, 5.41) is 5.29. The predicted molar refractivity (Wildman–Crippen MR) is 135 cm³/mol. The van der Waals surface area contributed by atoms with Crippen LogP contribution < -0.4 is 10.2 Å². The van der Waals surface area contributed by atoms with Crippen LogP contribution in [0.4, 0.5) is 0 Å². The topological polar surface area (TPSA) is 120 Å². The summed E-state index contributed by atoms with van der Waals surface area (Å²) >= 11 is 0. The van der Waals surface area contributed by atoms with E-state index < -0.39 is 17.8 Å². The molecular formula is C28H23N3O6. The number of pyridine rings is 1. The van der Waals surface area contributed by atoms with Gasteiger partial charge in [-0.2, -0.15) is 5.10 Å². The monoisotopic (exact) mass is 497 g/mol. The van der Waals surface area contributed by atoms with Gasteiger partial charge in [-0.15, -0.1) is 0 Å². The number of aryl methyl sites for hydroxylation is 1. The number of ether oxygens (including phenoxy) is 2. The first-order valence-corrected chi connectivity index (χ1v) is 11.7. The van der Waals surface area contributed by atoms with E-state index in [1.54, 1.807) is 13.0 Å². The van der Waals surface area contributed by atoms with Crippen molar-refractivity contribution in [1.29, 1.82) is 0 Å². The normalized spacial score (nSPS) is 13.7. The second-order valence-electron chi connectivity index (χ2n) is 8.50. The number of carbonyl (C=O) groups is 3. The Kier molecular flexibility index (Phi) is 6.51. The Morgan fingerprint density at radius 3 is 2.54 bits per heavy atom. The van der Waals surface area contributed by atoms with E-state index in [2.05, 4.69) is 20.2 Å². The van der Waals surface area contributed by atoms with Crippen LogP contribution in [0.3, 0.4) is 0 Å². The molecule has 0 saturated heterocycles. The number of hydrazone groups is 1. The summed E-state index contributed by atoms with van der Waals surface area (Å²) in [4.78, 5) is 41.6. The largest absolute Gasteiger partial charge is 0.465 e. The van der Waals surface area contributed by atoms with Gasteiger partial charge in [-0.05, 0) is 56.2 Å². The van der Waals surface area contributed by atoms with Gasteiger partial charge in [0, 0.05) is 22.9 Å². The first kappa shape index (κ1) is 23.9. The van der Waals surface area contributed by atoms with E-state index in [4.69, 9.17) is 9.15 Å². The van der Waals surface area contributed by atoms with Crippen LogP contribution in [-0.4, -0.2) is 35.7 Å². The number of hydrogen-bond acceptors (Lipinski definition) is 8. The molecule has 1 N–H and O–H groups in total. The van der Waals surface area contributed by atoms with E-state index in [1.807, 2.05) is 30.3 Å². The Balaban J connectivity index is 1.34. The number of carbonyl (C=O) groups excluding carboxylic acids is 3. The number of esters is 2. The number of methoxy groups -OCH3 is 1. The van der Waals surface area contributed by atoms with Crippen LogP contribution in [0.1, 0.15) is 61.1 Å². The minimum absolute atomic E-state index is 0.0687. The molecule has 0 unspecified atom stereocenters. The minimum Gasteiger partial charge on any atom is -0.465 e. The van der Waals surface area contributed by atoms with Crippen molar-refractivity contribution in [2.45, 2.75) is 26.2 Å². The fraction of sp³-hybridized carbons (Fsp3) is 0.179. The lowest BCUT2D eigenvalue weighted by Crippen LogP contribution is -2.23. The van der Waals surface area contributed by atoms with Crippen LogP contribution in [0.25, 0.3) is 10.9 Å². The Bertz CT molecular complexity index is 1550. The van der Waals surface area contributed by atoms with Crippen molar-refractivity contribution in [2.75, 3.05) is 7.11 Å². The molecule has 9 nitrogen and oxygen atoms in total. The van der Waals surface area contributed by atoms with Crippen molar-refractivity contribution < 1.29 is 28.3 Å². The second-order valence-corrected chi connectivity index (χ2v) is 8.50. The van der Waals surface area contributed by atoms with Gasteiger partial charge in [0.1, 0.15) is 17.2 Å². The smallest absolute Gasteiger partial charge is 0.379 e. The van der Waals surface area contributed by atoms with Crippen molar-refractivity contribution in [2.24, 2.45) is 5.10 Å². The van der Waals surface area contributed by atoms with E-state index in [9.17, 15) is 14.4 Å². The van der Waals surface area contributed by atoms with Crippen molar-refractivity contribution in [3.63, 3.8) is 0 Å². The van der Waals surface area contributed by atoms with Crippen LogP contribution in [0.15, 0.2) is 70.2 Å². The van der Waals surface area contributed by atoms with Crippen LogP contribution in [0.2, 0.25) is 0 Å². The molecule has 2 heterocycles. The fourth-order valence-corrected chi connectivity index (χ4v) is 4.27. The van der Waals surface area contributed by atoms with Crippen LogP contribution in [0.5, 0.6) is 5.75 Å². The number of nitrogens with one attached hydrogen (secondary N) is 1. The number of nitrogens with zero attached hydrogens (tertiary/aromatic N) is 2. The molecule has 2 aromatic carbocycles. The zero-order valence-electron chi connectivity index (χ0n) is 20.2. The first-order chi connectivity index (χ1) is 17.9. The highest BCUT2D eigenvalue weighted by Crippen LogP contribution is 2.30. The maximum atomic E-state index is 12.9.